The van der Waals surface area contributed by atoms with Gasteiger partial charge >= 0.3 is 0 Å². The van der Waals surface area contributed by atoms with Crippen molar-refractivity contribution in [3.63, 3.8) is 0 Å². The Morgan fingerprint density at radius 2 is 2.25 bits per heavy atom. The molecule has 0 aromatic carbocycles. The number of likely N-dealkylation sites (N-methyl/N-ethyl adjacent to an activating group) is 1. The average molecular weight is 230 g/mol. The van der Waals surface area contributed by atoms with Crippen molar-refractivity contribution in [1.29, 1.82) is 0 Å². The van der Waals surface area contributed by atoms with Gasteiger partial charge in [0.15, 0.2) is 0 Å². The number of aliphatic hydroxyl groups excluding tert-OH is 1. The Labute approximate surface area is 96.6 Å². The first kappa shape index (κ1) is 13.4. The highest BCUT2D eigenvalue weighted by molar-refractivity contribution is 5.80. The zero-order valence-electron chi connectivity index (χ0n) is 10.0. The molecule has 94 valence electrons. The smallest absolute Gasteiger partial charge is 0.227 e. The van der Waals surface area contributed by atoms with Crippen molar-refractivity contribution in [1.82, 2.24) is 10.6 Å². The molecule has 1 rings (SSSR count). The minimum absolute atomic E-state index is 0.0122. The summed E-state index contributed by atoms with van der Waals surface area (Å²) < 4.78 is 5.31. The number of nitrogens with one attached hydrogen (secondary N) is 2. The first-order valence-corrected chi connectivity index (χ1v) is 5.95. The molecule has 5 nitrogen and oxygen atoms in total. The zero-order valence-corrected chi connectivity index (χ0v) is 10.0. The number of amides is 1. The number of carbonyl (C=O) groups excluding carboxylic acids is 1. The predicted molar refractivity (Wildman–Crippen MR) is 61.1 cm³/mol. The van der Waals surface area contributed by atoms with E-state index in [1.807, 2.05) is 13.8 Å². The van der Waals surface area contributed by atoms with Crippen molar-refractivity contribution in [3.05, 3.63) is 0 Å². The molecule has 0 radical (unpaired) electrons. The van der Waals surface area contributed by atoms with Crippen molar-refractivity contribution < 1.29 is 14.6 Å². The summed E-state index contributed by atoms with van der Waals surface area (Å²) in [5, 5.41) is 15.1. The van der Waals surface area contributed by atoms with E-state index in [-0.39, 0.29) is 30.5 Å². The van der Waals surface area contributed by atoms with E-state index in [0.717, 1.165) is 13.0 Å². The fraction of sp³-hybridized carbons (Fsp3) is 0.909. The van der Waals surface area contributed by atoms with Crippen LogP contribution in [0, 0.1) is 5.92 Å². The minimum atomic E-state index is -0.143. The molecule has 1 amide bonds. The van der Waals surface area contributed by atoms with E-state index in [2.05, 4.69) is 10.6 Å². The fourth-order valence-electron chi connectivity index (χ4n) is 1.86. The maximum Gasteiger partial charge on any atom is 0.227 e. The molecular weight excluding hydrogens is 208 g/mol. The van der Waals surface area contributed by atoms with Gasteiger partial charge in [-0.05, 0) is 13.0 Å². The van der Waals surface area contributed by atoms with Crippen LogP contribution in [0.25, 0.3) is 0 Å². The van der Waals surface area contributed by atoms with Crippen LogP contribution in [0.15, 0.2) is 0 Å². The maximum atomic E-state index is 11.9. The second kappa shape index (κ2) is 6.83. The van der Waals surface area contributed by atoms with E-state index in [1.54, 1.807) is 0 Å². The third-order valence-electron chi connectivity index (χ3n) is 2.94. The van der Waals surface area contributed by atoms with Gasteiger partial charge in [-0.3, -0.25) is 4.79 Å². The van der Waals surface area contributed by atoms with E-state index < -0.39 is 0 Å². The summed E-state index contributed by atoms with van der Waals surface area (Å²) in [6, 6.07) is -0.0448. The van der Waals surface area contributed by atoms with Crippen molar-refractivity contribution in [2.45, 2.75) is 32.4 Å². The average Bonchev–Trinajstić information content (AvgIpc) is 2.74. The highest BCUT2D eigenvalue weighted by Gasteiger charge is 2.33. The normalized spacial score (nSPS) is 26.7. The molecule has 1 aliphatic heterocycles. The van der Waals surface area contributed by atoms with Crippen molar-refractivity contribution in [2.24, 2.45) is 5.92 Å². The molecule has 0 aromatic heterocycles. The minimum Gasteiger partial charge on any atom is -0.394 e. The van der Waals surface area contributed by atoms with E-state index in [1.165, 1.54) is 0 Å². The van der Waals surface area contributed by atoms with E-state index in [0.29, 0.717) is 13.2 Å². The molecule has 0 aliphatic carbocycles. The van der Waals surface area contributed by atoms with Crippen LogP contribution < -0.4 is 10.6 Å². The number of aliphatic hydroxyl groups is 1. The van der Waals surface area contributed by atoms with E-state index in [9.17, 15) is 4.79 Å². The summed E-state index contributed by atoms with van der Waals surface area (Å²) in [4.78, 5) is 11.9. The summed E-state index contributed by atoms with van der Waals surface area (Å²) in [5.41, 5.74) is 0. The topological polar surface area (TPSA) is 70.6 Å². The maximum absolute atomic E-state index is 11.9. The van der Waals surface area contributed by atoms with Gasteiger partial charge in [0.25, 0.3) is 0 Å². The van der Waals surface area contributed by atoms with Crippen molar-refractivity contribution in [3.8, 4) is 0 Å². The molecule has 1 saturated heterocycles. The van der Waals surface area contributed by atoms with Crippen LogP contribution in [0.4, 0.5) is 0 Å². The first-order chi connectivity index (χ1) is 7.72. The summed E-state index contributed by atoms with van der Waals surface area (Å²) in [5.74, 6) is -0.162. The lowest BCUT2D eigenvalue weighted by Crippen LogP contribution is -2.47. The summed E-state index contributed by atoms with van der Waals surface area (Å²) >= 11 is 0. The molecule has 5 heteroatoms. The van der Waals surface area contributed by atoms with Crippen LogP contribution in [-0.2, 0) is 9.53 Å². The number of carbonyl (C=O) groups is 1. The Kier molecular flexibility index (Phi) is 5.73. The Balaban J connectivity index is 2.45. The number of rotatable bonds is 6. The van der Waals surface area contributed by atoms with Gasteiger partial charge in [0.05, 0.1) is 31.8 Å². The van der Waals surface area contributed by atoms with Crippen LogP contribution in [0.5, 0.6) is 0 Å². The molecule has 1 heterocycles. The van der Waals surface area contributed by atoms with Crippen LogP contribution in [0.3, 0.4) is 0 Å². The quantitative estimate of drug-likeness (QED) is 0.575. The van der Waals surface area contributed by atoms with Crippen LogP contribution >= 0.6 is 0 Å². The lowest BCUT2D eigenvalue weighted by atomic mass is 10.0. The Bertz CT molecular complexity index is 219. The summed E-state index contributed by atoms with van der Waals surface area (Å²) in [6.07, 6.45) is 0.738. The van der Waals surface area contributed by atoms with Crippen molar-refractivity contribution >= 4 is 5.91 Å². The lowest BCUT2D eigenvalue weighted by Gasteiger charge is -2.21. The molecular formula is C11H22N2O3. The number of hydrogen-bond donors (Lipinski definition) is 3. The third-order valence-corrected chi connectivity index (χ3v) is 2.94. The zero-order chi connectivity index (χ0) is 12.0. The number of hydrogen-bond acceptors (Lipinski definition) is 4. The van der Waals surface area contributed by atoms with Gasteiger partial charge in [-0.2, -0.15) is 0 Å². The Hall–Kier alpha value is -0.650. The van der Waals surface area contributed by atoms with Gasteiger partial charge in [0, 0.05) is 6.04 Å². The second-order valence-corrected chi connectivity index (χ2v) is 4.10. The molecule has 0 saturated carbocycles. The van der Waals surface area contributed by atoms with Gasteiger partial charge in [-0.15, -0.1) is 0 Å². The molecule has 3 atom stereocenters. The standard InChI is InChI=1S/C11H22N2O3/c1-3-8(5-14)13-11(15)9-6-16-7-10(9)12-4-2/h8-10,12,14H,3-7H2,1-2H3,(H,13,15). The molecule has 0 aromatic rings. The van der Waals surface area contributed by atoms with Gasteiger partial charge in [-0.25, -0.2) is 0 Å². The highest BCUT2D eigenvalue weighted by atomic mass is 16.5. The summed E-state index contributed by atoms with van der Waals surface area (Å²) in [7, 11) is 0. The van der Waals surface area contributed by atoms with Crippen molar-refractivity contribution in [2.75, 3.05) is 26.4 Å². The molecule has 3 unspecified atom stereocenters. The highest BCUT2D eigenvalue weighted by Crippen LogP contribution is 2.14. The van der Waals surface area contributed by atoms with Gasteiger partial charge in [-0.1, -0.05) is 13.8 Å². The first-order valence-electron chi connectivity index (χ1n) is 5.95. The Morgan fingerprint density at radius 3 is 2.81 bits per heavy atom. The second-order valence-electron chi connectivity index (χ2n) is 4.10. The molecule has 1 fully saturated rings. The van der Waals surface area contributed by atoms with Gasteiger partial charge in [0.2, 0.25) is 5.91 Å². The van der Waals surface area contributed by atoms with E-state index in [4.69, 9.17) is 9.84 Å². The molecule has 3 N–H and O–H groups in total. The Morgan fingerprint density at radius 1 is 1.50 bits per heavy atom. The SMILES string of the molecule is CCNC1COCC1C(=O)NC(CC)CO. The van der Waals surface area contributed by atoms with Crippen LogP contribution in [-0.4, -0.2) is 49.5 Å². The monoisotopic (exact) mass is 230 g/mol. The lowest BCUT2D eigenvalue weighted by molar-refractivity contribution is -0.126. The third kappa shape index (κ3) is 3.43. The van der Waals surface area contributed by atoms with Crippen LogP contribution in [0.2, 0.25) is 0 Å². The molecule has 1 aliphatic rings. The predicted octanol–water partition coefficient (Wildman–Crippen LogP) is -0.502. The molecule has 0 bridgehead atoms. The van der Waals surface area contributed by atoms with Gasteiger partial charge < -0.3 is 20.5 Å². The van der Waals surface area contributed by atoms with Crippen LogP contribution in [0.1, 0.15) is 20.3 Å². The fourth-order valence-corrected chi connectivity index (χ4v) is 1.86. The van der Waals surface area contributed by atoms with Gasteiger partial charge in [0.1, 0.15) is 0 Å². The summed E-state index contributed by atoms with van der Waals surface area (Å²) in [6.45, 7) is 5.81. The largest absolute Gasteiger partial charge is 0.394 e. The number of ether oxygens (including phenoxy) is 1. The van der Waals surface area contributed by atoms with E-state index >= 15 is 0 Å². The molecule has 0 spiro atoms. The molecule has 16 heavy (non-hydrogen) atoms.